The first kappa shape index (κ1) is 8.76. The standard InChI is InChI=1S/C10H13BrS/c11-7-9-6-8-4-2-1-3-5-10(8)12-9/h6H,1-5,7H2. The van der Waals surface area contributed by atoms with E-state index in [0.717, 1.165) is 5.33 Å². The molecule has 2 heteroatoms. The lowest BCUT2D eigenvalue weighted by atomic mass is 10.1. The number of fused-ring (bicyclic) bond motifs is 1. The maximum atomic E-state index is 3.51. The van der Waals surface area contributed by atoms with Crippen molar-refractivity contribution in [3.63, 3.8) is 0 Å². The van der Waals surface area contributed by atoms with Crippen LogP contribution >= 0.6 is 27.3 Å². The van der Waals surface area contributed by atoms with E-state index >= 15 is 0 Å². The van der Waals surface area contributed by atoms with Gasteiger partial charge in [-0.05, 0) is 37.3 Å². The van der Waals surface area contributed by atoms with Crippen LogP contribution in [0.1, 0.15) is 34.6 Å². The number of rotatable bonds is 1. The van der Waals surface area contributed by atoms with Crippen LogP contribution in [-0.2, 0) is 18.2 Å². The average molecular weight is 245 g/mol. The van der Waals surface area contributed by atoms with E-state index in [1.54, 1.807) is 10.4 Å². The smallest absolute Gasteiger partial charge is 0.0377 e. The minimum absolute atomic E-state index is 1.03. The molecule has 0 unspecified atom stereocenters. The summed E-state index contributed by atoms with van der Waals surface area (Å²) in [7, 11) is 0. The van der Waals surface area contributed by atoms with Gasteiger partial charge in [0.2, 0.25) is 0 Å². The summed E-state index contributed by atoms with van der Waals surface area (Å²) < 4.78 is 0. The van der Waals surface area contributed by atoms with Crippen LogP contribution in [0.25, 0.3) is 0 Å². The van der Waals surface area contributed by atoms with E-state index in [2.05, 4.69) is 22.0 Å². The van der Waals surface area contributed by atoms with Crippen molar-refractivity contribution in [2.75, 3.05) is 0 Å². The topological polar surface area (TPSA) is 0 Å². The lowest BCUT2D eigenvalue weighted by Crippen LogP contribution is -1.80. The van der Waals surface area contributed by atoms with Crippen molar-refractivity contribution in [2.45, 2.75) is 37.4 Å². The minimum atomic E-state index is 1.03. The molecule has 0 amide bonds. The third-order valence-electron chi connectivity index (χ3n) is 2.43. The number of hydrogen-bond donors (Lipinski definition) is 0. The van der Waals surface area contributed by atoms with Crippen LogP contribution < -0.4 is 0 Å². The molecule has 2 rings (SSSR count). The van der Waals surface area contributed by atoms with Gasteiger partial charge in [0.1, 0.15) is 0 Å². The molecule has 0 saturated heterocycles. The van der Waals surface area contributed by atoms with E-state index < -0.39 is 0 Å². The number of thiophene rings is 1. The first-order valence-corrected chi connectivity index (χ1v) is 6.50. The fraction of sp³-hybridized carbons (Fsp3) is 0.600. The van der Waals surface area contributed by atoms with Gasteiger partial charge in [-0.1, -0.05) is 22.4 Å². The molecule has 1 heterocycles. The average Bonchev–Trinajstić information content (AvgIpc) is 2.37. The highest BCUT2D eigenvalue weighted by molar-refractivity contribution is 9.08. The van der Waals surface area contributed by atoms with Crippen molar-refractivity contribution in [3.8, 4) is 0 Å². The van der Waals surface area contributed by atoms with E-state index in [-0.39, 0.29) is 0 Å². The fourth-order valence-electron chi connectivity index (χ4n) is 1.79. The molecule has 0 nitrogen and oxygen atoms in total. The molecule has 0 atom stereocenters. The van der Waals surface area contributed by atoms with E-state index in [1.807, 2.05) is 11.3 Å². The van der Waals surface area contributed by atoms with Crippen molar-refractivity contribution >= 4 is 27.3 Å². The summed E-state index contributed by atoms with van der Waals surface area (Å²) in [6.45, 7) is 0. The lowest BCUT2D eigenvalue weighted by Gasteiger charge is -1.92. The van der Waals surface area contributed by atoms with Crippen LogP contribution in [-0.4, -0.2) is 0 Å². The largest absolute Gasteiger partial charge is 0.144 e. The molecule has 0 N–H and O–H groups in total. The van der Waals surface area contributed by atoms with Crippen LogP contribution in [0.3, 0.4) is 0 Å². The van der Waals surface area contributed by atoms with Gasteiger partial charge in [-0.25, -0.2) is 0 Å². The second-order valence-corrected chi connectivity index (χ2v) is 5.14. The third-order valence-corrected chi connectivity index (χ3v) is 4.64. The van der Waals surface area contributed by atoms with Gasteiger partial charge in [-0.2, -0.15) is 0 Å². The molecular weight excluding hydrogens is 232 g/mol. The molecule has 1 aromatic heterocycles. The zero-order chi connectivity index (χ0) is 8.39. The molecule has 0 bridgehead atoms. The van der Waals surface area contributed by atoms with E-state index in [9.17, 15) is 0 Å². The molecule has 0 saturated carbocycles. The SMILES string of the molecule is BrCc1cc2c(s1)CCCCC2. The molecule has 0 aromatic carbocycles. The Labute approximate surface area is 86.1 Å². The van der Waals surface area contributed by atoms with Crippen LogP contribution in [0, 0.1) is 0 Å². The predicted octanol–water partition coefficient (Wildman–Crippen LogP) is 3.91. The van der Waals surface area contributed by atoms with Crippen LogP contribution in [0.4, 0.5) is 0 Å². The number of halogens is 1. The molecule has 1 aliphatic rings. The summed E-state index contributed by atoms with van der Waals surface area (Å²) >= 11 is 5.52. The Hall–Kier alpha value is 0.180. The van der Waals surface area contributed by atoms with Crippen molar-refractivity contribution in [3.05, 3.63) is 21.4 Å². The second-order valence-electron chi connectivity index (χ2n) is 3.36. The van der Waals surface area contributed by atoms with Crippen molar-refractivity contribution < 1.29 is 0 Å². The zero-order valence-electron chi connectivity index (χ0n) is 7.11. The summed E-state index contributed by atoms with van der Waals surface area (Å²) in [4.78, 5) is 3.16. The number of hydrogen-bond acceptors (Lipinski definition) is 1. The molecule has 1 aromatic rings. The second kappa shape index (κ2) is 3.93. The van der Waals surface area contributed by atoms with E-state index in [4.69, 9.17) is 0 Å². The van der Waals surface area contributed by atoms with Gasteiger partial charge in [-0.3, -0.25) is 0 Å². The minimum Gasteiger partial charge on any atom is -0.144 e. The molecule has 0 fully saturated rings. The Balaban J connectivity index is 2.26. The third kappa shape index (κ3) is 1.74. The molecule has 66 valence electrons. The van der Waals surface area contributed by atoms with Gasteiger partial charge >= 0.3 is 0 Å². The van der Waals surface area contributed by atoms with Crippen molar-refractivity contribution in [1.82, 2.24) is 0 Å². The van der Waals surface area contributed by atoms with Crippen molar-refractivity contribution in [1.29, 1.82) is 0 Å². The highest BCUT2D eigenvalue weighted by Crippen LogP contribution is 2.29. The van der Waals surface area contributed by atoms with Crippen LogP contribution in [0.15, 0.2) is 6.07 Å². The Kier molecular flexibility index (Phi) is 2.87. The number of alkyl halides is 1. The van der Waals surface area contributed by atoms with E-state index in [0.29, 0.717) is 0 Å². The Morgan fingerprint density at radius 3 is 2.92 bits per heavy atom. The van der Waals surface area contributed by atoms with Gasteiger partial charge in [0.25, 0.3) is 0 Å². The highest BCUT2D eigenvalue weighted by atomic mass is 79.9. The molecular formula is C10H13BrS. The lowest BCUT2D eigenvalue weighted by molar-refractivity contribution is 0.712. The van der Waals surface area contributed by atoms with Crippen LogP contribution in [0.5, 0.6) is 0 Å². The van der Waals surface area contributed by atoms with E-state index in [1.165, 1.54) is 37.0 Å². The Bertz CT molecular complexity index is 241. The normalized spacial score (nSPS) is 17.1. The highest BCUT2D eigenvalue weighted by Gasteiger charge is 2.10. The summed E-state index contributed by atoms with van der Waals surface area (Å²) in [6, 6.07) is 2.39. The molecule has 12 heavy (non-hydrogen) atoms. The summed E-state index contributed by atoms with van der Waals surface area (Å²) in [6.07, 6.45) is 6.86. The van der Waals surface area contributed by atoms with Gasteiger partial charge in [0.05, 0.1) is 0 Å². The maximum Gasteiger partial charge on any atom is 0.0377 e. The monoisotopic (exact) mass is 244 g/mol. The van der Waals surface area contributed by atoms with Gasteiger partial charge in [0, 0.05) is 15.1 Å². The fourth-order valence-corrected chi connectivity index (χ4v) is 3.41. The number of aryl methyl sites for hydroxylation is 2. The van der Waals surface area contributed by atoms with Crippen LogP contribution in [0.2, 0.25) is 0 Å². The summed E-state index contributed by atoms with van der Waals surface area (Å²) in [5.74, 6) is 0. The van der Waals surface area contributed by atoms with Gasteiger partial charge < -0.3 is 0 Å². The molecule has 1 aliphatic carbocycles. The molecule has 0 spiro atoms. The Morgan fingerprint density at radius 1 is 1.25 bits per heavy atom. The summed E-state index contributed by atoms with van der Waals surface area (Å²) in [5.41, 5.74) is 1.63. The maximum absolute atomic E-state index is 3.51. The first-order valence-electron chi connectivity index (χ1n) is 4.56. The van der Waals surface area contributed by atoms with Gasteiger partial charge in [0.15, 0.2) is 0 Å². The quantitative estimate of drug-likeness (QED) is 0.519. The Morgan fingerprint density at radius 2 is 2.08 bits per heavy atom. The molecule has 0 radical (unpaired) electrons. The predicted molar refractivity (Wildman–Crippen MR) is 58.2 cm³/mol. The zero-order valence-corrected chi connectivity index (χ0v) is 9.51. The molecule has 0 aliphatic heterocycles. The first-order chi connectivity index (χ1) is 5.90. The summed E-state index contributed by atoms with van der Waals surface area (Å²) in [5, 5.41) is 1.03. The van der Waals surface area contributed by atoms with Crippen molar-refractivity contribution in [2.24, 2.45) is 0 Å². The van der Waals surface area contributed by atoms with Gasteiger partial charge in [-0.15, -0.1) is 11.3 Å².